The largest absolute Gasteiger partial charge is 0.493 e. The van der Waals surface area contributed by atoms with E-state index in [1.165, 1.54) is 57.3 Å². The zero-order valence-electron chi connectivity index (χ0n) is 26.8. The molecule has 44 heavy (non-hydrogen) atoms. The van der Waals surface area contributed by atoms with Crippen molar-refractivity contribution in [3.05, 3.63) is 94.2 Å². The van der Waals surface area contributed by atoms with Gasteiger partial charge in [0.25, 0.3) is 0 Å². The molecule has 1 spiro atoms. The molecule has 0 aliphatic heterocycles. The van der Waals surface area contributed by atoms with E-state index in [0.29, 0.717) is 31.0 Å². The van der Waals surface area contributed by atoms with Crippen molar-refractivity contribution in [2.45, 2.75) is 85.0 Å². The fourth-order valence-corrected chi connectivity index (χ4v) is 6.79. The molecule has 5 rings (SSSR count). The Balaban J connectivity index is 1.25. The fraction of sp³-hybridized carbons (Fsp3) is 0.444. The first-order valence-corrected chi connectivity index (χ1v) is 15.6. The summed E-state index contributed by atoms with van der Waals surface area (Å²) >= 11 is 0. The highest BCUT2D eigenvalue weighted by molar-refractivity contribution is 5.75. The van der Waals surface area contributed by atoms with Crippen molar-refractivity contribution in [1.29, 1.82) is 0 Å². The quantitative estimate of drug-likeness (QED) is 0.0501. The van der Waals surface area contributed by atoms with Gasteiger partial charge in [-0.3, -0.25) is 5.43 Å². The fourth-order valence-electron chi connectivity index (χ4n) is 6.79. The number of allylic oxidation sites excluding steroid dienone is 1. The van der Waals surface area contributed by atoms with Crippen LogP contribution in [-0.4, -0.2) is 24.1 Å². The van der Waals surface area contributed by atoms with Crippen LogP contribution in [0.1, 0.15) is 78.8 Å². The number of fused-ring (bicyclic) bond motifs is 1. The monoisotopic (exact) mass is 597 g/mol. The molecule has 2 aliphatic carbocycles. The number of hydrogen-bond donors (Lipinski definition) is 4. The molecule has 5 N–H and O–H groups in total. The molecule has 0 saturated heterocycles. The van der Waals surface area contributed by atoms with Gasteiger partial charge < -0.3 is 25.7 Å². The number of benzene rings is 3. The molecule has 0 amide bonds. The maximum atomic E-state index is 9.71. The van der Waals surface area contributed by atoms with Crippen LogP contribution in [-0.2, 0) is 17.7 Å². The molecule has 8 heteroatoms. The molecule has 0 heterocycles. The van der Waals surface area contributed by atoms with Crippen LogP contribution in [0, 0.1) is 26.2 Å². The molecule has 234 valence electrons. The van der Waals surface area contributed by atoms with Crippen LogP contribution in [0.5, 0.6) is 5.75 Å². The lowest BCUT2D eigenvalue weighted by Crippen LogP contribution is -2.24. The van der Waals surface area contributed by atoms with Gasteiger partial charge in [0, 0.05) is 24.4 Å². The standard InChI is InChI=1S/C36H47N5O3/c1-23-17-30(43-15-8-16-44-35(5,6)42)18-24(2)34(23)31-10-7-9-27(26(31)4)22-38-29-11-12-32-28(20-29)21-36(13-14-36)33(32)19-25(3)39-41-40-37/h7,9-12,17-18,20,33,38,42H,3,8,13-16,19,21-22H2,1-2,4-6H3,(H2,37,41)(H,39,40). The number of aliphatic hydroxyl groups is 1. The molecule has 0 radical (unpaired) electrons. The molecule has 0 bridgehead atoms. The topological polar surface area (TPSA) is 113 Å². The highest BCUT2D eigenvalue weighted by Gasteiger charge is 2.54. The molecule has 2 aliphatic rings. The number of nitrogens with two attached hydrogens (primary N) is 1. The van der Waals surface area contributed by atoms with Crippen molar-refractivity contribution < 1.29 is 14.6 Å². The SMILES string of the molecule is C=C(CC1c2ccc(NCc3cccc(-c4c(C)cc(OCCCOC(C)(C)O)cc4C)c3C)cc2CC12CC2)N/N=N\N. The average molecular weight is 598 g/mol. The van der Waals surface area contributed by atoms with Gasteiger partial charge in [0.05, 0.1) is 13.2 Å². The van der Waals surface area contributed by atoms with Gasteiger partial charge in [0.1, 0.15) is 5.75 Å². The Labute approximate surface area is 261 Å². The molecule has 1 fully saturated rings. The van der Waals surface area contributed by atoms with Crippen LogP contribution < -0.4 is 21.3 Å². The first kappa shape index (κ1) is 31.5. The summed E-state index contributed by atoms with van der Waals surface area (Å²) in [5.74, 6) is 5.34. The minimum absolute atomic E-state index is 0.359. The Morgan fingerprint density at radius 3 is 2.52 bits per heavy atom. The van der Waals surface area contributed by atoms with Crippen LogP contribution in [0.15, 0.2) is 71.3 Å². The van der Waals surface area contributed by atoms with E-state index in [9.17, 15) is 5.11 Å². The summed E-state index contributed by atoms with van der Waals surface area (Å²) in [5, 5.41) is 20.4. The predicted molar refractivity (Wildman–Crippen MR) is 176 cm³/mol. The molecule has 0 aromatic heterocycles. The highest BCUT2D eigenvalue weighted by Crippen LogP contribution is 2.64. The second kappa shape index (κ2) is 13.0. The van der Waals surface area contributed by atoms with Crippen LogP contribution in [0.4, 0.5) is 5.69 Å². The van der Waals surface area contributed by atoms with E-state index in [2.05, 4.69) is 97.1 Å². The summed E-state index contributed by atoms with van der Waals surface area (Å²) in [6.45, 7) is 15.6. The minimum Gasteiger partial charge on any atom is -0.493 e. The molecule has 3 aromatic carbocycles. The van der Waals surface area contributed by atoms with Gasteiger partial charge >= 0.3 is 0 Å². The Morgan fingerprint density at radius 1 is 1.09 bits per heavy atom. The maximum Gasteiger partial charge on any atom is 0.159 e. The molecular weight excluding hydrogens is 550 g/mol. The average Bonchev–Trinajstić information content (AvgIpc) is 3.67. The number of aryl methyl sites for hydroxylation is 2. The van der Waals surface area contributed by atoms with Gasteiger partial charge in [0.15, 0.2) is 5.79 Å². The van der Waals surface area contributed by atoms with Crippen LogP contribution in [0.25, 0.3) is 11.1 Å². The summed E-state index contributed by atoms with van der Waals surface area (Å²) in [6, 6.07) is 17.7. The summed E-state index contributed by atoms with van der Waals surface area (Å²) in [4.78, 5) is 0. The third kappa shape index (κ3) is 7.25. The van der Waals surface area contributed by atoms with Crippen LogP contribution in [0.2, 0.25) is 0 Å². The van der Waals surface area contributed by atoms with E-state index in [-0.39, 0.29) is 0 Å². The van der Waals surface area contributed by atoms with Gasteiger partial charge in [-0.25, -0.2) is 0 Å². The van der Waals surface area contributed by atoms with E-state index in [1.54, 1.807) is 13.8 Å². The molecule has 1 atom stereocenters. The lowest BCUT2D eigenvalue weighted by atomic mass is 9.86. The summed E-state index contributed by atoms with van der Waals surface area (Å²) in [5.41, 5.74) is 15.5. The Bertz CT molecular complexity index is 1510. The maximum absolute atomic E-state index is 9.71. The van der Waals surface area contributed by atoms with Crippen molar-refractivity contribution in [2.75, 3.05) is 18.5 Å². The summed E-state index contributed by atoms with van der Waals surface area (Å²) < 4.78 is 11.4. The number of nitrogens with one attached hydrogen (secondary N) is 2. The Morgan fingerprint density at radius 2 is 1.84 bits per heavy atom. The third-order valence-corrected chi connectivity index (χ3v) is 9.13. The smallest absolute Gasteiger partial charge is 0.159 e. The molecule has 3 aromatic rings. The Hall–Kier alpha value is -3.88. The van der Waals surface area contributed by atoms with Gasteiger partial charge in [-0.1, -0.05) is 41.3 Å². The van der Waals surface area contributed by atoms with Crippen LogP contribution in [0.3, 0.4) is 0 Å². The highest BCUT2D eigenvalue weighted by atomic mass is 16.6. The van der Waals surface area contributed by atoms with E-state index in [4.69, 9.17) is 15.3 Å². The second-order valence-corrected chi connectivity index (χ2v) is 13.0. The van der Waals surface area contributed by atoms with Crippen molar-refractivity contribution in [1.82, 2.24) is 5.43 Å². The van der Waals surface area contributed by atoms with Crippen molar-refractivity contribution in [2.24, 2.45) is 21.7 Å². The lowest BCUT2D eigenvalue weighted by Gasteiger charge is -2.20. The zero-order valence-corrected chi connectivity index (χ0v) is 26.8. The molecule has 1 saturated carbocycles. The van der Waals surface area contributed by atoms with Crippen molar-refractivity contribution >= 4 is 5.69 Å². The normalized spacial score (nSPS) is 16.7. The predicted octanol–water partition coefficient (Wildman–Crippen LogP) is 7.56. The molecule has 8 nitrogen and oxygen atoms in total. The minimum atomic E-state index is -1.12. The number of nitrogens with zero attached hydrogens (tertiary/aromatic N) is 2. The summed E-state index contributed by atoms with van der Waals surface area (Å²) in [6.07, 6.45) is 5.19. The van der Waals surface area contributed by atoms with Crippen molar-refractivity contribution in [3.63, 3.8) is 0 Å². The first-order valence-electron chi connectivity index (χ1n) is 15.6. The van der Waals surface area contributed by atoms with E-state index in [1.807, 2.05) is 0 Å². The van der Waals surface area contributed by atoms with Gasteiger partial charge in [-0.05, 0) is 140 Å². The van der Waals surface area contributed by atoms with Crippen LogP contribution >= 0.6 is 0 Å². The van der Waals surface area contributed by atoms with Crippen molar-refractivity contribution in [3.8, 4) is 16.9 Å². The lowest BCUT2D eigenvalue weighted by molar-refractivity contribution is -0.176. The number of hydrogen-bond acceptors (Lipinski definition) is 6. The number of ether oxygens (including phenoxy) is 2. The van der Waals surface area contributed by atoms with Gasteiger partial charge in [-0.2, -0.15) is 0 Å². The molecule has 1 unspecified atom stereocenters. The summed E-state index contributed by atoms with van der Waals surface area (Å²) in [7, 11) is 0. The first-order chi connectivity index (χ1) is 21.0. The zero-order chi connectivity index (χ0) is 31.5. The van der Waals surface area contributed by atoms with E-state index < -0.39 is 5.79 Å². The van der Waals surface area contributed by atoms with E-state index in [0.717, 1.165) is 36.5 Å². The molecular formula is C36H47N5O3. The number of anilines is 1. The number of rotatable bonds is 14. The Kier molecular flexibility index (Phi) is 9.32. The van der Waals surface area contributed by atoms with E-state index >= 15 is 0 Å². The van der Waals surface area contributed by atoms with Gasteiger partial charge in [-0.15, -0.1) is 0 Å². The van der Waals surface area contributed by atoms with Gasteiger partial charge in [0.2, 0.25) is 0 Å². The third-order valence-electron chi connectivity index (χ3n) is 9.13. The second-order valence-electron chi connectivity index (χ2n) is 13.0.